The van der Waals surface area contributed by atoms with Crippen molar-refractivity contribution in [1.29, 1.82) is 0 Å². The standard InChI is InChI=1S/C18H16N2O.C2H6/c1-21-13-7-8-16-14(9-13)18-15(10-19-17(18)11-20-16)12-5-3-2-4-6-12;1-2/h2-9,11,15,19H,10H2,1H3;1-2H3. The molecule has 0 bridgehead atoms. The van der Waals surface area contributed by atoms with Crippen molar-refractivity contribution in [3.05, 3.63) is 65.9 Å². The van der Waals surface area contributed by atoms with Crippen LogP contribution in [-0.2, 0) is 0 Å². The Hall–Kier alpha value is -2.55. The van der Waals surface area contributed by atoms with Crippen molar-refractivity contribution in [3.63, 3.8) is 0 Å². The van der Waals surface area contributed by atoms with Gasteiger partial charge in [0.15, 0.2) is 0 Å². The smallest absolute Gasteiger partial charge is 0.119 e. The molecule has 1 unspecified atom stereocenters. The van der Waals surface area contributed by atoms with E-state index in [1.54, 1.807) is 7.11 Å². The van der Waals surface area contributed by atoms with Gasteiger partial charge < -0.3 is 10.1 Å². The molecule has 4 rings (SSSR count). The molecule has 0 amide bonds. The second kappa shape index (κ2) is 6.69. The van der Waals surface area contributed by atoms with Gasteiger partial charge in [-0.25, -0.2) is 0 Å². The van der Waals surface area contributed by atoms with Crippen LogP contribution >= 0.6 is 0 Å². The number of nitrogens with one attached hydrogen (secondary N) is 1. The van der Waals surface area contributed by atoms with Gasteiger partial charge in [0.25, 0.3) is 0 Å². The molecule has 0 saturated heterocycles. The van der Waals surface area contributed by atoms with Crippen molar-refractivity contribution in [2.24, 2.45) is 0 Å². The second-order valence-electron chi connectivity index (χ2n) is 5.31. The third-order valence-corrected chi connectivity index (χ3v) is 4.16. The Labute approximate surface area is 137 Å². The van der Waals surface area contributed by atoms with Gasteiger partial charge in [-0.2, -0.15) is 0 Å². The first kappa shape index (κ1) is 15.3. The normalized spacial score (nSPS) is 15.3. The van der Waals surface area contributed by atoms with E-state index in [0.717, 1.165) is 23.5 Å². The van der Waals surface area contributed by atoms with Gasteiger partial charge in [-0.15, -0.1) is 0 Å². The Morgan fingerprint density at radius 2 is 1.87 bits per heavy atom. The topological polar surface area (TPSA) is 34.1 Å². The molecule has 1 aliphatic heterocycles. The van der Waals surface area contributed by atoms with Crippen LogP contribution in [0.3, 0.4) is 0 Å². The van der Waals surface area contributed by atoms with E-state index < -0.39 is 0 Å². The number of hydrogen-bond acceptors (Lipinski definition) is 3. The molecule has 0 radical (unpaired) electrons. The van der Waals surface area contributed by atoms with Gasteiger partial charge in [0.2, 0.25) is 0 Å². The number of fused-ring (bicyclic) bond motifs is 3. The molecule has 1 N–H and O–H groups in total. The van der Waals surface area contributed by atoms with Gasteiger partial charge in [0.1, 0.15) is 5.75 Å². The summed E-state index contributed by atoms with van der Waals surface area (Å²) in [6.07, 6.45) is 1.94. The number of methoxy groups -OCH3 is 1. The van der Waals surface area contributed by atoms with Crippen molar-refractivity contribution < 1.29 is 4.74 Å². The number of rotatable bonds is 2. The number of aromatic nitrogens is 1. The van der Waals surface area contributed by atoms with Crippen molar-refractivity contribution in [3.8, 4) is 5.75 Å². The predicted molar refractivity (Wildman–Crippen MR) is 96.4 cm³/mol. The highest BCUT2D eigenvalue weighted by atomic mass is 16.5. The first-order valence-electron chi connectivity index (χ1n) is 8.12. The van der Waals surface area contributed by atoms with Gasteiger partial charge in [-0.05, 0) is 29.3 Å². The number of anilines is 1. The highest BCUT2D eigenvalue weighted by Crippen LogP contribution is 2.40. The zero-order valence-corrected chi connectivity index (χ0v) is 13.8. The molecular formula is C20H22N2O. The molecule has 0 saturated carbocycles. The molecule has 0 spiro atoms. The second-order valence-corrected chi connectivity index (χ2v) is 5.31. The molecule has 2 aromatic carbocycles. The summed E-state index contributed by atoms with van der Waals surface area (Å²) in [5, 5.41) is 4.65. The highest BCUT2D eigenvalue weighted by Gasteiger charge is 2.26. The Morgan fingerprint density at radius 3 is 2.61 bits per heavy atom. The average molecular weight is 306 g/mol. The Bertz CT molecular complexity index is 799. The lowest BCUT2D eigenvalue weighted by Gasteiger charge is -2.13. The zero-order valence-electron chi connectivity index (χ0n) is 13.8. The van der Waals surface area contributed by atoms with Gasteiger partial charge in [-0.1, -0.05) is 44.2 Å². The van der Waals surface area contributed by atoms with E-state index in [0.29, 0.717) is 5.92 Å². The summed E-state index contributed by atoms with van der Waals surface area (Å²) in [5.74, 6) is 1.23. The van der Waals surface area contributed by atoms with Gasteiger partial charge in [0.05, 0.1) is 24.5 Å². The summed E-state index contributed by atoms with van der Waals surface area (Å²) in [4.78, 5) is 4.54. The van der Waals surface area contributed by atoms with Crippen LogP contribution in [0.15, 0.2) is 54.7 Å². The summed E-state index contributed by atoms with van der Waals surface area (Å²) in [7, 11) is 1.70. The molecule has 1 atom stereocenters. The van der Waals surface area contributed by atoms with Crippen LogP contribution in [0.25, 0.3) is 10.9 Å². The fraction of sp³-hybridized carbons (Fsp3) is 0.250. The van der Waals surface area contributed by atoms with Crippen LogP contribution in [0.4, 0.5) is 5.69 Å². The van der Waals surface area contributed by atoms with E-state index in [9.17, 15) is 0 Å². The maximum Gasteiger partial charge on any atom is 0.119 e. The third kappa shape index (κ3) is 2.74. The van der Waals surface area contributed by atoms with E-state index in [4.69, 9.17) is 4.74 Å². The molecule has 3 aromatic rings. The van der Waals surface area contributed by atoms with Crippen LogP contribution < -0.4 is 10.1 Å². The minimum atomic E-state index is 0.360. The molecule has 0 fully saturated rings. The quantitative estimate of drug-likeness (QED) is 0.736. The number of ether oxygens (including phenoxy) is 1. The molecular weight excluding hydrogens is 284 g/mol. The first-order valence-corrected chi connectivity index (χ1v) is 8.12. The van der Waals surface area contributed by atoms with E-state index in [1.807, 2.05) is 32.2 Å². The summed E-state index contributed by atoms with van der Waals surface area (Å²) < 4.78 is 5.37. The Morgan fingerprint density at radius 1 is 1.09 bits per heavy atom. The van der Waals surface area contributed by atoms with Crippen molar-refractivity contribution in [2.45, 2.75) is 19.8 Å². The lowest BCUT2D eigenvalue weighted by molar-refractivity contribution is 0.415. The van der Waals surface area contributed by atoms with E-state index in [-0.39, 0.29) is 0 Å². The maximum atomic E-state index is 5.37. The summed E-state index contributed by atoms with van der Waals surface area (Å²) in [6, 6.07) is 16.7. The van der Waals surface area contributed by atoms with Crippen LogP contribution in [-0.4, -0.2) is 18.6 Å². The summed E-state index contributed by atoms with van der Waals surface area (Å²) in [6.45, 7) is 4.91. The molecule has 3 heteroatoms. The van der Waals surface area contributed by atoms with Crippen LogP contribution in [0.5, 0.6) is 5.75 Å². The maximum absolute atomic E-state index is 5.37. The van der Waals surface area contributed by atoms with Gasteiger partial charge in [0, 0.05) is 17.8 Å². The Balaban J connectivity index is 0.000000753. The number of pyridine rings is 1. The Kier molecular flexibility index (Phi) is 4.47. The van der Waals surface area contributed by atoms with Crippen molar-refractivity contribution in [2.75, 3.05) is 19.0 Å². The number of hydrogen-bond donors (Lipinski definition) is 1. The zero-order chi connectivity index (χ0) is 16.2. The van der Waals surface area contributed by atoms with Crippen molar-refractivity contribution in [1.82, 2.24) is 4.98 Å². The fourth-order valence-electron chi connectivity index (χ4n) is 3.12. The lowest BCUT2D eigenvalue weighted by Crippen LogP contribution is -2.03. The van der Waals surface area contributed by atoms with E-state index in [1.165, 1.54) is 16.5 Å². The molecule has 118 valence electrons. The molecule has 23 heavy (non-hydrogen) atoms. The highest BCUT2D eigenvalue weighted by molar-refractivity contribution is 5.90. The minimum Gasteiger partial charge on any atom is -0.497 e. The third-order valence-electron chi connectivity index (χ3n) is 4.16. The molecule has 2 heterocycles. The van der Waals surface area contributed by atoms with Gasteiger partial charge >= 0.3 is 0 Å². The molecule has 1 aliphatic rings. The summed E-state index contributed by atoms with van der Waals surface area (Å²) >= 11 is 0. The predicted octanol–water partition coefficient (Wildman–Crippen LogP) is 4.83. The molecule has 0 aliphatic carbocycles. The molecule has 1 aromatic heterocycles. The molecule has 3 nitrogen and oxygen atoms in total. The average Bonchev–Trinajstić information content (AvgIpc) is 3.08. The minimum absolute atomic E-state index is 0.360. The van der Waals surface area contributed by atoms with Crippen LogP contribution in [0.2, 0.25) is 0 Å². The number of nitrogens with zero attached hydrogens (tertiary/aromatic N) is 1. The van der Waals surface area contributed by atoms with E-state index >= 15 is 0 Å². The summed E-state index contributed by atoms with van der Waals surface area (Å²) in [5.41, 5.74) is 4.80. The van der Waals surface area contributed by atoms with Crippen LogP contribution in [0, 0.1) is 0 Å². The van der Waals surface area contributed by atoms with Crippen LogP contribution in [0.1, 0.15) is 30.9 Å². The lowest BCUT2D eigenvalue weighted by atomic mass is 9.91. The van der Waals surface area contributed by atoms with Crippen molar-refractivity contribution >= 4 is 16.6 Å². The number of benzene rings is 2. The SMILES string of the molecule is CC.COc1ccc2ncc3c(c2c1)C(c1ccccc1)CN3. The monoisotopic (exact) mass is 306 g/mol. The largest absolute Gasteiger partial charge is 0.497 e. The fourth-order valence-corrected chi connectivity index (χ4v) is 3.12. The van der Waals surface area contributed by atoms with E-state index in [2.05, 4.69) is 46.7 Å². The van der Waals surface area contributed by atoms with Gasteiger partial charge in [-0.3, -0.25) is 4.98 Å². The first-order chi connectivity index (χ1) is 11.4.